The van der Waals surface area contributed by atoms with Crippen LogP contribution in [0.4, 0.5) is 20.2 Å². The molecule has 0 spiro atoms. The van der Waals surface area contributed by atoms with Crippen molar-refractivity contribution in [1.29, 1.82) is 0 Å². The summed E-state index contributed by atoms with van der Waals surface area (Å²) in [6.45, 7) is 8.26. The van der Waals surface area contributed by atoms with E-state index in [2.05, 4.69) is 72.0 Å². The summed E-state index contributed by atoms with van der Waals surface area (Å²) in [6, 6.07) is 16.5. The second-order valence-corrected chi connectivity index (χ2v) is 9.18. The highest BCUT2D eigenvalue weighted by molar-refractivity contribution is 5.85. The average Bonchev–Trinajstić information content (AvgIpc) is 2.84. The van der Waals surface area contributed by atoms with Gasteiger partial charge in [-0.05, 0) is 79.1 Å². The van der Waals surface area contributed by atoms with E-state index in [0.717, 1.165) is 72.2 Å². The van der Waals surface area contributed by atoms with Crippen molar-refractivity contribution in [3.05, 3.63) is 101 Å². The van der Waals surface area contributed by atoms with Crippen LogP contribution in [0, 0.1) is 29.4 Å². The molecule has 2 heterocycles. The first-order valence-corrected chi connectivity index (χ1v) is 11.9. The highest BCUT2D eigenvalue weighted by atomic mass is 19.1. The van der Waals surface area contributed by atoms with Crippen molar-refractivity contribution in [1.82, 2.24) is 0 Å². The number of hydrogen-bond acceptors (Lipinski definition) is 2. The molecule has 1 N–H and O–H groups in total. The van der Waals surface area contributed by atoms with Gasteiger partial charge in [0.2, 0.25) is 0 Å². The summed E-state index contributed by atoms with van der Waals surface area (Å²) < 4.78 is 27.3. The highest BCUT2D eigenvalue weighted by Gasteiger charge is 2.23. The molecule has 4 bridgehead atoms. The van der Waals surface area contributed by atoms with Crippen molar-refractivity contribution < 1.29 is 8.78 Å². The minimum Gasteiger partial charge on any atom is -0.370 e. The molecular formula is C30H28F2N2. The van der Waals surface area contributed by atoms with Crippen LogP contribution >= 0.6 is 0 Å². The zero-order valence-corrected chi connectivity index (χ0v) is 19.4. The number of halogens is 2. The van der Waals surface area contributed by atoms with Crippen LogP contribution in [0.3, 0.4) is 0 Å². The Hall–Kier alpha value is -3.58. The van der Waals surface area contributed by atoms with E-state index < -0.39 is 11.6 Å². The lowest BCUT2D eigenvalue weighted by molar-refractivity contribution is 0.397. The third-order valence-electron chi connectivity index (χ3n) is 6.93. The van der Waals surface area contributed by atoms with Crippen LogP contribution in [0.25, 0.3) is 5.70 Å². The van der Waals surface area contributed by atoms with Crippen molar-refractivity contribution in [2.75, 3.05) is 23.3 Å². The number of nitrogens with one attached hydrogen (secondary N) is 1. The number of nitrogens with zero attached hydrogens (tertiary/aromatic N) is 1. The largest absolute Gasteiger partial charge is 0.370 e. The second-order valence-electron chi connectivity index (χ2n) is 9.18. The molecule has 3 aromatic carbocycles. The Bertz CT molecular complexity index is 1310. The molecular weight excluding hydrogens is 426 g/mol. The molecule has 0 radical (unpaired) electrons. The Balaban J connectivity index is 1.36. The smallest absolute Gasteiger partial charge is 0.129 e. The molecule has 0 aliphatic carbocycles. The lowest BCUT2D eigenvalue weighted by Gasteiger charge is -2.35. The predicted molar refractivity (Wildman–Crippen MR) is 136 cm³/mol. The van der Waals surface area contributed by atoms with Crippen LogP contribution in [-0.2, 0) is 12.8 Å². The first-order valence-electron chi connectivity index (χ1n) is 11.9. The number of fused-ring (bicyclic) bond motifs is 4. The highest BCUT2D eigenvalue weighted by Crippen LogP contribution is 2.34. The van der Waals surface area contributed by atoms with Gasteiger partial charge >= 0.3 is 0 Å². The predicted octanol–water partition coefficient (Wildman–Crippen LogP) is 6.78. The molecule has 4 heteroatoms. The molecule has 34 heavy (non-hydrogen) atoms. The normalized spacial score (nSPS) is 15.4. The van der Waals surface area contributed by atoms with Gasteiger partial charge in [0.15, 0.2) is 0 Å². The topological polar surface area (TPSA) is 15.3 Å². The number of rotatable bonds is 4. The van der Waals surface area contributed by atoms with Crippen LogP contribution in [0.2, 0.25) is 0 Å². The Morgan fingerprint density at radius 1 is 0.941 bits per heavy atom. The standard InChI is InChI=1S/C30H28F2N2/c1-3-24-8-6-21-4-5-22-7-11-30(29(18-22)33-20(2)27(24)17-21)34-14-12-23(13-15-34)16-25-9-10-26(31)19-28(25)32/h6-11,17-19,23,33H,2-3,12-16H2,1H3. The van der Waals surface area contributed by atoms with Crippen molar-refractivity contribution >= 4 is 17.1 Å². The van der Waals surface area contributed by atoms with E-state index in [-0.39, 0.29) is 0 Å². The zero-order valence-electron chi connectivity index (χ0n) is 19.4. The first-order chi connectivity index (χ1) is 16.5. The SMILES string of the molecule is C=C1Nc2cc(ccc2N2CCC(Cc3ccc(F)cc3F)CC2)C#Cc2ccc(CC)c1c2. The molecule has 5 rings (SSSR count). The lowest BCUT2D eigenvalue weighted by atomic mass is 9.89. The van der Waals surface area contributed by atoms with E-state index in [1.807, 2.05) is 0 Å². The quantitative estimate of drug-likeness (QED) is 0.437. The van der Waals surface area contributed by atoms with E-state index in [4.69, 9.17) is 0 Å². The van der Waals surface area contributed by atoms with Crippen LogP contribution in [0.15, 0.2) is 61.2 Å². The molecule has 0 unspecified atom stereocenters. The summed E-state index contributed by atoms with van der Waals surface area (Å²) in [6.07, 6.45) is 3.49. The lowest BCUT2D eigenvalue weighted by Crippen LogP contribution is -2.34. The molecule has 2 nitrogen and oxygen atoms in total. The van der Waals surface area contributed by atoms with E-state index in [1.165, 1.54) is 11.6 Å². The van der Waals surface area contributed by atoms with E-state index in [0.29, 0.717) is 17.9 Å². The van der Waals surface area contributed by atoms with Crippen molar-refractivity contribution in [3.63, 3.8) is 0 Å². The minimum atomic E-state index is -0.525. The number of piperidine rings is 1. The van der Waals surface area contributed by atoms with Crippen LogP contribution < -0.4 is 10.2 Å². The maximum atomic E-state index is 14.1. The Labute approximate surface area is 200 Å². The number of anilines is 2. The van der Waals surface area contributed by atoms with Gasteiger partial charge in [-0.25, -0.2) is 8.78 Å². The summed E-state index contributed by atoms with van der Waals surface area (Å²) in [7, 11) is 0. The Morgan fingerprint density at radius 3 is 2.38 bits per heavy atom. The van der Waals surface area contributed by atoms with Gasteiger partial charge in [-0.15, -0.1) is 0 Å². The summed E-state index contributed by atoms with van der Waals surface area (Å²) in [5, 5.41) is 3.58. The summed E-state index contributed by atoms with van der Waals surface area (Å²) >= 11 is 0. The number of hydrogen-bond donors (Lipinski definition) is 1. The van der Waals surface area contributed by atoms with E-state index in [9.17, 15) is 8.78 Å². The molecule has 0 aromatic heterocycles. The molecule has 3 aromatic rings. The molecule has 0 amide bonds. The van der Waals surface area contributed by atoms with Gasteiger partial charge in [-0.2, -0.15) is 0 Å². The third kappa shape index (κ3) is 4.56. The fourth-order valence-electron chi connectivity index (χ4n) is 4.98. The maximum Gasteiger partial charge on any atom is 0.129 e. The molecule has 2 aliphatic rings. The summed E-state index contributed by atoms with van der Waals surface area (Å²) in [5.74, 6) is 5.99. The van der Waals surface area contributed by atoms with Gasteiger partial charge in [0.05, 0.1) is 11.4 Å². The minimum absolute atomic E-state index is 0.383. The van der Waals surface area contributed by atoms with Crippen LogP contribution in [0.5, 0.6) is 0 Å². The summed E-state index contributed by atoms with van der Waals surface area (Å²) in [5.41, 5.74) is 7.92. The van der Waals surface area contributed by atoms with Crippen molar-refractivity contribution in [2.45, 2.75) is 32.6 Å². The second kappa shape index (κ2) is 9.35. The van der Waals surface area contributed by atoms with Crippen molar-refractivity contribution in [3.8, 4) is 11.8 Å². The Morgan fingerprint density at radius 2 is 1.65 bits per heavy atom. The molecule has 2 aliphatic heterocycles. The summed E-state index contributed by atoms with van der Waals surface area (Å²) in [4.78, 5) is 2.38. The monoisotopic (exact) mass is 454 g/mol. The first kappa shape index (κ1) is 22.2. The van der Waals surface area contributed by atoms with Gasteiger partial charge in [-0.3, -0.25) is 0 Å². The Kier molecular flexibility index (Phi) is 6.11. The zero-order chi connectivity index (χ0) is 23.7. The van der Waals surface area contributed by atoms with Gasteiger partial charge in [0, 0.05) is 41.5 Å². The molecule has 172 valence electrons. The van der Waals surface area contributed by atoms with Gasteiger partial charge in [0.1, 0.15) is 11.6 Å². The maximum absolute atomic E-state index is 14.1. The third-order valence-corrected chi connectivity index (χ3v) is 6.93. The van der Waals surface area contributed by atoms with Crippen molar-refractivity contribution in [2.24, 2.45) is 5.92 Å². The van der Waals surface area contributed by atoms with E-state index >= 15 is 0 Å². The van der Waals surface area contributed by atoms with Crippen LogP contribution in [0.1, 0.15) is 47.6 Å². The fourth-order valence-corrected chi connectivity index (χ4v) is 4.98. The van der Waals surface area contributed by atoms with Crippen LogP contribution in [-0.4, -0.2) is 13.1 Å². The molecule has 1 saturated heterocycles. The number of benzene rings is 3. The van der Waals surface area contributed by atoms with Gasteiger partial charge in [-0.1, -0.05) is 37.5 Å². The average molecular weight is 455 g/mol. The number of aryl methyl sites for hydroxylation is 1. The molecule has 0 saturated carbocycles. The molecule has 0 atom stereocenters. The molecule has 1 fully saturated rings. The fraction of sp³-hybridized carbons (Fsp3) is 0.267. The van der Waals surface area contributed by atoms with Gasteiger partial charge < -0.3 is 10.2 Å². The van der Waals surface area contributed by atoms with E-state index in [1.54, 1.807) is 6.07 Å². The van der Waals surface area contributed by atoms with Gasteiger partial charge in [0.25, 0.3) is 0 Å².